The Morgan fingerprint density at radius 2 is 2.13 bits per heavy atom. The van der Waals surface area contributed by atoms with Gasteiger partial charge in [-0.25, -0.2) is 0 Å². The number of benzene rings is 1. The van der Waals surface area contributed by atoms with Crippen LogP contribution in [0.15, 0.2) is 30.4 Å². The second-order valence-corrected chi connectivity index (χ2v) is 4.12. The molecule has 0 aliphatic heterocycles. The van der Waals surface area contributed by atoms with Crippen LogP contribution in [0.4, 0.5) is 5.69 Å². The number of terminal acetylenes is 1. The molecule has 2 N–H and O–H groups in total. The molecule has 1 heteroatoms. The summed E-state index contributed by atoms with van der Waals surface area (Å²) in [4.78, 5) is 0. The van der Waals surface area contributed by atoms with Crippen LogP contribution < -0.4 is 5.73 Å². The first-order valence-electron chi connectivity index (χ1n) is 4.92. The Hall–Kier alpha value is -1.68. The van der Waals surface area contributed by atoms with E-state index in [1.54, 1.807) is 0 Å². The number of rotatable bonds is 2. The van der Waals surface area contributed by atoms with Gasteiger partial charge in [-0.2, -0.15) is 0 Å². The molecule has 0 aromatic heterocycles. The van der Waals surface area contributed by atoms with E-state index in [4.69, 9.17) is 12.2 Å². The third kappa shape index (κ3) is 1.89. The fourth-order valence-corrected chi connectivity index (χ4v) is 1.61. The van der Waals surface area contributed by atoms with Gasteiger partial charge in [0.1, 0.15) is 0 Å². The van der Waals surface area contributed by atoms with Gasteiger partial charge in [-0.1, -0.05) is 24.1 Å². The first kappa shape index (κ1) is 11.4. The lowest BCUT2D eigenvalue weighted by Crippen LogP contribution is -2.22. The number of allylic oxidation sites excluding steroid dienone is 1. The van der Waals surface area contributed by atoms with Crippen molar-refractivity contribution in [2.75, 3.05) is 5.73 Å². The quantitative estimate of drug-likeness (QED) is 0.442. The maximum absolute atomic E-state index is 5.78. The van der Waals surface area contributed by atoms with Crippen LogP contribution in [-0.4, -0.2) is 0 Å². The molecule has 1 rings (SSSR count). The molecule has 78 valence electrons. The van der Waals surface area contributed by atoms with E-state index in [2.05, 4.69) is 12.5 Å². The third-order valence-electron chi connectivity index (χ3n) is 2.94. The van der Waals surface area contributed by atoms with E-state index in [1.165, 1.54) is 0 Å². The van der Waals surface area contributed by atoms with Crippen molar-refractivity contribution in [2.45, 2.75) is 26.2 Å². The fourth-order valence-electron chi connectivity index (χ4n) is 1.61. The molecule has 0 aliphatic rings. The Balaban J connectivity index is 3.44. The van der Waals surface area contributed by atoms with Gasteiger partial charge in [0.05, 0.1) is 5.41 Å². The Morgan fingerprint density at radius 3 is 2.60 bits per heavy atom. The fraction of sp³-hybridized carbons (Fsp3) is 0.286. The summed E-state index contributed by atoms with van der Waals surface area (Å²) in [5.41, 5.74) is 9.25. The normalized spacial score (nSPS) is 14.0. The van der Waals surface area contributed by atoms with Crippen LogP contribution in [-0.2, 0) is 5.41 Å². The first-order chi connectivity index (χ1) is 6.91. The van der Waals surface area contributed by atoms with Crippen LogP contribution in [0.3, 0.4) is 0 Å². The summed E-state index contributed by atoms with van der Waals surface area (Å²) in [6, 6.07) is 5.81. The second kappa shape index (κ2) is 3.82. The molecular weight excluding hydrogens is 182 g/mol. The molecule has 1 atom stereocenters. The molecule has 0 fully saturated rings. The molecule has 0 spiro atoms. The molecule has 0 saturated carbocycles. The van der Waals surface area contributed by atoms with E-state index >= 15 is 0 Å². The standard InChI is InChI=1S/C14H17N/c1-6-14(5,10(2)3)13-9-12(15)8-7-11(13)4/h1,7-9H,2,15H2,3-5H3/t14-/m1/s1. The molecule has 1 nitrogen and oxygen atoms in total. The molecule has 0 saturated heterocycles. The summed E-state index contributed by atoms with van der Waals surface area (Å²) in [5.74, 6) is 2.81. The van der Waals surface area contributed by atoms with Crippen molar-refractivity contribution < 1.29 is 0 Å². The number of nitrogens with two attached hydrogens (primary N) is 1. The topological polar surface area (TPSA) is 26.0 Å². The number of hydrogen-bond acceptors (Lipinski definition) is 1. The van der Waals surface area contributed by atoms with Crippen molar-refractivity contribution in [2.24, 2.45) is 0 Å². The number of nitrogen functional groups attached to an aromatic ring is 1. The zero-order chi connectivity index (χ0) is 11.6. The average molecular weight is 199 g/mol. The second-order valence-electron chi connectivity index (χ2n) is 4.12. The highest BCUT2D eigenvalue weighted by atomic mass is 14.5. The predicted octanol–water partition coefficient (Wildman–Crippen LogP) is 3.04. The molecule has 0 heterocycles. The van der Waals surface area contributed by atoms with E-state index in [9.17, 15) is 0 Å². The molecule has 0 radical (unpaired) electrons. The summed E-state index contributed by atoms with van der Waals surface area (Å²) in [5, 5.41) is 0. The summed E-state index contributed by atoms with van der Waals surface area (Å²) >= 11 is 0. The number of hydrogen-bond donors (Lipinski definition) is 1. The van der Waals surface area contributed by atoms with E-state index in [0.717, 1.165) is 22.4 Å². The predicted molar refractivity (Wildman–Crippen MR) is 66.6 cm³/mol. The molecule has 1 aromatic rings. The van der Waals surface area contributed by atoms with Gasteiger partial charge in [0, 0.05) is 5.69 Å². The number of anilines is 1. The molecule has 1 aromatic carbocycles. The zero-order valence-corrected chi connectivity index (χ0v) is 9.59. The first-order valence-corrected chi connectivity index (χ1v) is 4.92. The molecular formula is C14H17N. The van der Waals surface area contributed by atoms with Gasteiger partial charge in [0.25, 0.3) is 0 Å². The SMILES string of the molecule is C#C[C@](C)(C(=C)C)c1cc(N)ccc1C. The minimum Gasteiger partial charge on any atom is -0.399 e. The average Bonchev–Trinajstić information content (AvgIpc) is 2.20. The Kier molecular flexibility index (Phi) is 2.90. The van der Waals surface area contributed by atoms with Gasteiger partial charge in [-0.05, 0) is 44.0 Å². The summed E-state index contributed by atoms with van der Waals surface area (Å²) < 4.78 is 0. The zero-order valence-electron chi connectivity index (χ0n) is 9.59. The van der Waals surface area contributed by atoms with Gasteiger partial charge in [-0.3, -0.25) is 0 Å². The van der Waals surface area contributed by atoms with Gasteiger partial charge >= 0.3 is 0 Å². The molecule has 0 amide bonds. The monoisotopic (exact) mass is 199 g/mol. The minimum atomic E-state index is -0.431. The van der Waals surface area contributed by atoms with Crippen molar-refractivity contribution in [3.8, 4) is 12.3 Å². The van der Waals surface area contributed by atoms with E-state index in [0.29, 0.717) is 0 Å². The van der Waals surface area contributed by atoms with E-state index < -0.39 is 5.41 Å². The summed E-state index contributed by atoms with van der Waals surface area (Å²) in [6.45, 7) is 9.94. The van der Waals surface area contributed by atoms with Gasteiger partial charge in [0.15, 0.2) is 0 Å². The van der Waals surface area contributed by atoms with E-state index in [1.807, 2.05) is 39.0 Å². The molecule has 0 aliphatic carbocycles. The van der Waals surface area contributed by atoms with Crippen LogP contribution in [0.25, 0.3) is 0 Å². The van der Waals surface area contributed by atoms with Crippen LogP contribution in [0.1, 0.15) is 25.0 Å². The smallest absolute Gasteiger partial charge is 0.0739 e. The van der Waals surface area contributed by atoms with Crippen LogP contribution in [0.5, 0.6) is 0 Å². The van der Waals surface area contributed by atoms with Gasteiger partial charge < -0.3 is 5.73 Å². The van der Waals surface area contributed by atoms with Crippen LogP contribution in [0, 0.1) is 19.3 Å². The minimum absolute atomic E-state index is 0.431. The van der Waals surface area contributed by atoms with E-state index in [-0.39, 0.29) is 0 Å². The largest absolute Gasteiger partial charge is 0.399 e. The summed E-state index contributed by atoms with van der Waals surface area (Å²) in [6.07, 6.45) is 5.61. The lowest BCUT2D eigenvalue weighted by atomic mass is 9.76. The molecule has 0 bridgehead atoms. The van der Waals surface area contributed by atoms with Gasteiger partial charge in [-0.15, -0.1) is 6.42 Å². The van der Waals surface area contributed by atoms with Crippen LogP contribution >= 0.6 is 0 Å². The Labute approximate surface area is 92.0 Å². The van der Waals surface area contributed by atoms with Crippen molar-refractivity contribution in [1.82, 2.24) is 0 Å². The van der Waals surface area contributed by atoms with Crippen molar-refractivity contribution in [3.63, 3.8) is 0 Å². The van der Waals surface area contributed by atoms with Crippen molar-refractivity contribution >= 4 is 5.69 Å². The summed E-state index contributed by atoms with van der Waals surface area (Å²) in [7, 11) is 0. The molecule has 15 heavy (non-hydrogen) atoms. The third-order valence-corrected chi connectivity index (χ3v) is 2.94. The lowest BCUT2D eigenvalue weighted by molar-refractivity contribution is 0.730. The molecule has 0 unspecified atom stereocenters. The number of aryl methyl sites for hydroxylation is 1. The van der Waals surface area contributed by atoms with Crippen molar-refractivity contribution in [1.29, 1.82) is 0 Å². The maximum atomic E-state index is 5.78. The highest BCUT2D eigenvalue weighted by molar-refractivity contribution is 5.53. The Bertz CT molecular complexity index is 437. The Morgan fingerprint density at radius 1 is 1.53 bits per heavy atom. The highest BCUT2D eigenvalue weighted by Crippen LogP contribution is 2.33. The lowest BCUT2D eigenvalue weighted by Gasteiger charge is -2.26. The van der Waals surface area contributed by atoms with Crippen LogP contribution in [0.2, 0.25) is 0 Å². The highest BCUT2D eigenvalue weighted by Gasteiger charge is 2.26. The maximum Gasteiger partial charge on any atom is 0.0739 e. The van der Waals surface area contributed by atoms with Crippen molar-refractivity contribution in [3.05, 3.63) is 41.5 Å². The van der Waals surface area contributed by atoms with Gasteiger partial charge in [0.2, 0.25) is 0 Å².